The zero-order chi connectivity index (χ0) is 53.3. The van der Waals surface area contributed by atoms with Crippen LogP contribution < -0.4 is 36.5 Å². The molecule has 0 atom stereocenters. The van der Waals surface area contributed by atoms with Crippen LogP contribution in [-0.4, -0.2) is 7.32 Å². The molecular weight excluding hydrogens is 1000 g/mol. The number of hydrogen-bond acceptors (Lipinski definition) is 3. The van der Waals surface area contributed by atoms with Gasteiger partial charge >= 0.3 is 445 Å². The second-order valence-electron chi connectivity index (χ2n) is 19.2. The Morgan fingerprint density at radius 2 is 0.592 bits per heavy atom. The van der Waals surface area contributed by atoms with Crippen LogP contribution in [0.4, 0.5) is 26.3 Å². The molecule has 0 fully saturated rings. The monoisotopic (exact) mass is 1060 g/mol. The van der Waals surface area contributed by atoms with E-state index in [2.05, 4.69) is 62.4 Å². The van der Waals surface area contributed by atoms with Gasteiger partial charge in [-0.1, -0.05) is 0 Å². The Balaban J connectivity index is 1.46. The van der Waals surface area contributed by atoms with E-state index >= 15 is 26.3 Å². The minimum absolute atomic E-state index is 0.101. The number of aryl methyl sites for hydroxylation is 2. The molecule has 0 heterocycles. The SMILES string of the molecule is CCCc1ccc(CP(OB(Oc2cc(C(F)(F)F)cc(C(F)(F)F)c2)OP(Cc2ccc(CCC)cc2)(c2ccccc2)(c2ccccc2)c2ccccc2)(c2ccccc2)(c2ccccc2)c2ccccc2)cc1. The molecule has 0 unspecified atom stereocenters. The summed E-state index contributed by atoms with van der Waals surface area (Å²) in [6.45, 7) is -5.46. The van der Waals surface area contributed by atoms with E-state index in [1.807, 2.05) is 182 Å². The summed E-state index contributed by atoms with van der Waals surface area (Å²) in [7, 11) is -2.07. The van der Waals surface area contributed by atoms with Gasteiger partial charge in [0.2, 0.25) is 0 Å². The van der Waals surface area contributed by atoms with Crippen molar-refractivity contribution in [1.29, 1.82) is 0 Å². The molecule has 0 saturated heterocycles. The second-order valence-corrected chi connectivity index (χ2v) is 28.3. The van der Waals surface area contributed by atoms with Crippen molar-refractivity contribution in [3.63, 3.8) is 0 Å². The van der Waals surface area contributed by atoms with Crippen molar-refractivity contribution in [2.45, 2.75) is 64.2 Å². The Kier molecular flexibility index (Phi) is 15.9. The van der Waals surface area contributed by atoms with Crippen molar-refractivity contribution in [3.05, 3.63) is 282 Å². The molecule has 0 spiro atoms. The predicted molar refractivity (Wildman–Crippen MR) is 304 cm³/mol. The standard InChI is InChI=1S/C64H59BF6O3P2/c1-3-23-50-37-41-52(42-38-50)48-75(57-25-11-5-12-26-57,58-27-13-6-14-28-58,59-29-15-7-16-30-59)73-65(72-56-46-54(63(66,67)68)45-55(47-56)64(69,70)71)74-76(60-31-17-8-18-32-60,61-33-19-9-20-34-61,62-35-21-10-22-36-62)49-53-43-39-51(24-4-2)40-44-53/h5-22,25-47H,3-4,23-24,48-49H2,1-2H3. The Morgan fingerprint density at radius 3 is 0.829 bits per heavy atom. The quantitative estimate of drug-likeness (QED) is 0.0432. The molecule has 0 aliphatic carbocycles. The molecule has 12 heteroatoms. The zero-order valence-electron chi connectivity index (χ0n) is 42.4. The third-order valence-corrected chi connectivity index (χ3v) is 25.9. The minimum atomic E-state index is -5.20. The summed E-state index contributed by atoms with van der Waals surface area (Å²) < 4.78 is 114. The molecule has 9 aromatic carbocycles. The number of benzene rings is 9. The van der Waals surface area contributed by atoms with Crippen molar-refractivity contribution < 1.29 is 39.9 Å². The molecular formula is C64H59BF6O3P2. The van der Waals surface area contributed by atoms with Crippen molar-refractivity contribution in [2.75, 3.05) is 0 Å². The fourth-order valence-corrected chi connectivity index (χ4v) is 22.2. The van der Waals surface area contributed by atoms with Crippen LogP contribution in [0.5, 0.6) is 5.75 Å². The van der Waals surface area contributed by atoms with Crippen LogP contribution in [0.3, 0.4) is 0 Å². The van der Waals surface area contributed by atoms with E-state index in [9.17, 15) is 0 Å². The summed E-state index contributed by atoms with van der Waals surface area (Å²) in [4.78, 5) is 0. The molecule has 0 radical (unpaired) electrons. The van der Waals surface area contributed by atoms with Gasteiger partial charge in [-0.15, -0.1) is 0 Å². The Bertz CT molecular complexity index is 2880. The van der Waals surface area contributed by atoms with Gasteiger partial charge in [-0.2, -0.15) is 0 Å². The molecule has 0 amide bonds. The topological polar surface area (TPSA) is 27.7 Å². The van der Waals surface area contributed by atoms with Crippen LogP contribution in [0.25, 0.3) is 0 Å². The van der Waals surface area contributed by atoms with Gasteiger partial charge in [0.15, 0.2) is 0 Å². The molecule has 0 aromatic heterocycles. The van der Waals surface area contributed by atoms with Gasteiger partial charge < -0.3 is 0 Å². The fraction of sp³-hybridized carbons (Fsp3) is 0.156. The van der Waals surface area contributed by atoms with Crippen LogP contribution in [0.1, 0.15) is 60.1 Å². The maximum atomic E-state index is 15.0. The maximum absolute atomic E-state index is 15.0. The first-order valence-electron chi connectivity index (χ1n) is 25.6. The van der Waals surface area contributed by atoms with E-state index in [1.54, 1.807) is 0 Å². The predicted octanol–water partition coefficient (Wildman–Crippen LogP) is 15.3. The van der Waals surface area contributed by atoms with E-state index in [4.69, 9.17) is 13.5 Å². The second kappa shape index (κ2) is 22.4. The van der Waals surface area contributed by atoms with Crippen LogP contribution in [-0.2, 0) is 46.4 Å². The van der Waals surface area contributed by atoms with E-state index in [0.717, 1.165) is 47.9 Å². The molecule has 0 aliphatic rings. The van der Waals surface area contributed by atoms with Gasteiger partial charge in [0, 0.05) is 0 Å². The third kappa shape index (κ3) is 10.5. The number of halogens is 6. The summed E-state index contributed by atoms with van der Waals surface area (Å²) >= 11 is 0. The third-order valence-electron chi connectivity index (χ3n) is 14.3. The first kappa shape index (κ1) is 54.0. The van der Waals surface area contributed by atoms with Crippen molar-refractivity contribution >= 4 is 52.8 Å². The molecule has 0 bridgehead atoms. The summed E-state index contributed by atoms with van der Waals surface area (Å²) in [5.74, 6) is -0.753. The van der Waals surface area contributed by atoms with Gasteiger partial charge in [0.05, 0.1) is 0 Å². The Morgan fingerprint density at radius 1 is 0.342 bits per heavy atom. The van der Waals surface area contributed by atoms with Crippen LogP contribution in [0.2, 0.25) is 0 Å². The zero-order valence-corrected chi connectivity index (χ0v) is 44.2. The van der Waals surface area contributed by atoms with Gasteiger partial charge in [0.1, 0.15) is 0 Å². The number of rotatable bonds is 20. The van der Waals surface area contributed by atoms with Gasteiger partial charge in [-0.3, -0.25) is 0 Å². The van der Waals surface area contributed by atoms with Crippen molar-refractivity contribution in [1.82, 2.24) is 0 Å². The molecule has 0 saturated carbocycles. The summed E-state index contributed by atoms with van der Waals surface area (Å²) in [6.07, 6.45) is -6.48. The van der Waals surface area contributed by atoms with Crippen molar-refractivity contribution in [3.8, 4) is 5.75 Å². The Labute approximate surface area is 442 Å². The summed E-state index contributed by atoms with van der Waals surface area (Å²) in [5.41, 5.74) is 0.905. The molecule has 388 valence electrons. The average molecular weight is 1060 g/mol. The van der Waals surface area contributed by atoms with E-state index in [1.165, 1.54) is 0 Å². The van der Waals surface area contributed by atoms with Gasteiger partial charge in [0.25, 0.3) is 0 Å². The average Bonchev–Trinajstić information content (AvgIpc) is 3.45. The van der Waals surface area contributed by atoms with E-state index < -0.39 is 50.2 Å². The summed E-state index contributed by atoms with van der Waals surface area (Å²) in [5, 5.41) is 4.29. The molecule has 0 N–H and O–H groups in total. The summed E-state index contributed by atoms with van der Waals surface area (Å²) in [6, 6.07) is 76.1. The van der Waals surface area contributed by atoms with Crippen LogP contribution in [0.15, 0.2) is 249 Å². The van der Waals surface area contributed by atoms with Gasteiger partial charge in [-0.05, 0) is 0 Å². The first-order valence-corrected chi connectivity index (χ1v) is 30.2. The van der Waals surface area contributed by atoms with Crippen LogP contribution >= 0.6 is 13.7 Å². The molecule has 9 aromatic rings. The number of alkyl halides is 6. The van der Waals surface area contributed by atoms with Crippen LogP contribution in [0, 0.1) is 0 Å². The number of hydrogen-bond donors (Lipinski definition) is 0. The Hall–Kier alpha value is -6.80. The first-order chi connectivity index (χ1) is 36.7. The fourth-order valence-electron chi connectivity index (χ4n) is 10.8. The van der Waals surface area contributed by atoms with Crippen molar-refractivity contribution in [2.24, 2.45) is 0 Å². The molecule has 3 nitrogen and oxygen atoms in total. The van der Waals surface area contributed by atoms with E-state index in [0.29, 0.717) is 44.0 Å². The molecule has 9 rings (SSSR count). The molecule has 0 aliphatic heterocycles. The van der Waals surface area contributed by atoms with E-state index in [-0.39, 0.29) is 18.4 Å². The normalized spacial score (nSPS) is 13.2. The molecule has 76 heavy (non-hydrogen) atoms. The van der Waals surface area contributed by atoms with Gasteiger partial charge in [-0.25, -0.2) is 0 Å².